The van der Waals surface area contributed by atoms with Gasteiger partial charge in [-0.15, -0.1) is 0 Å². The molecule has 3 heterocycles. The van der Waals surface area contributed by atoms with Crippen molar-refractivity contribution in [2.45, 2.75) is 39.1 Å². The SMILES string of the molecule is C[C@@H]1CN(Cc2ccc3c(c2)CN(C(=O)c2cccc(N4CCNC4=O)c2)CCO3)C[C@H](C)O1. The molecule has 2 aromatic carbocycles. The molecular formula is C26H32N4O4. The van der Waals surface area contributed by atoms with Crippen LogP contribution in [0.25, 0.3) is 0 Å². The Hall–Kier alpha value is -3.10. The molecule has 5 rings (SSSR count). The Morgan fingerprint density at radius 1 is 1.09 bits per heavy atom. The van der Waals surface area contributed by atoms with Crippen LogP contribution in [0.15, 0.2) is 42.5 Å². The van der Waals surface area contributed by atoms with E-state index in [-0.39, 0.29) is 24.1 Å². The number of hydrogen-bond acceptors (Lipinski definition) is 5. The van der Waals surface area contributed by atoms with E-state index in [1.54, 1.807) is 11.0 Å². The van der Waals surface area contributed by atoms with E-state index in [1.807, 2.05) is 29.2 Å². The van der Waals surface area contributed by atoms with Crippen molar-refractivity contribution in [3.05, 3.63) is 59.2 Å². The van der Waals surface area contributed by atoms with E-state index in [2.05, 4.69) is 36.2 Å². The molecule has 180 valence electrons. The van der Waals surface area contributed by atoms with Crippen LogP contribution in [0.3, 0.4) is 0 Å². The summed E-state index contributed by atoms with van der Waals surface area (Å²) in [5.41, 5.74) is 3.55. The van der Waals surface area contributed by atoms with Gasteiger partial charge in [-0.05, 0) is 49.7 Å². The minimum absolute atomic E-state index is 0.0564. The van der Waals surface area contributed by atoms with Crippen LogP contribution in [-0.4, -0.2) is 73.3 Å². The average molecular weight is 465 g/mol. The van der Waals surface area contributed by atoms with Crippen molar-refractivity contribution >= 4 is 17.6 Å². The van der Waals surface area contributed by atoms with E-state index in [1.165, 1.54) is 5.56 Å². The van der Waals surface area contributed by atoms with E-state index in [0.29, 0.717) is 38.3 Å². The fraction of sp³-hybridized carbons (Fsp3) is 0.462. The van der Waals surface area contributed by atoms with E-state index in [4.69, 9.17) is 9.47 Å². The maximum atomic E-state index is 13.4. The molecule has 0 aromatic heterocycles. The number of carbonyl (C=O) groups excluding carboxylic acids is 2. The van der Waals surface area contributed by atoms with Crippen LogP contribution in [0, 0.1) is 0 Å². The fourth-order valence-electron chi connectivity index (χ4n) is 5.10. The third-order valence-electron chi connectivity index (χ3n) is 6.56. The highest BCUT2D eigenvalue weighted by molar-refractivity contribution is 5.98. The van der Waals surface area contributed by atoms with Crippen LogP contribution in [0.2, 0.25) is 0 Å². The lowest BCUT2D eigenvalue weighted by Gasteiger charge is -2.35. The Morgan fingerprint density at radius 3 is 2.68 bits per heavy atom. The van der Waals surface area contributed by atoms with Crippen LogP contribution in [0.4, 0.5) is 10.5 Å². The van der Waals surface area contributed by atoms with Crippen molar-refractivity contribution in [1.82, 2.24) is 15.1 Å². The van der Waals surface area contributed by atoms with E-state index in [9.17, 15) is 9.59 Å². The van der Waals surface area contributed by atoms with Gasteiger partial charge in [0.1, 0.15) is 12.4 Å². The number of hydrogen-bond donors (Lipinski definition) is 1. The van der Waals surface area contributed by atoms with E-state index < -0.39 is 0 Å². The lowest BCUT2D eigenvalue weighted by Crippen LogP contribution is -2.44. The molecule has 2 saturated heterocycles. The van der Waals surface area contributed by atoms with Crippen molar-refractivity contribution in [3.8, 4) is 5.75 Å². The summed E-state index contributed by atoms with van der Waals surface area (Å²) in [6, 6.07) is 13.5. The van der Waals surface area contributed by atoms with Crippen molar-refractivity contribution in [3.63, 3.8) is 0 Å². The molecule has 2 aromatic rings. The smallest absolute Gasteiger partial charge is 0.321 e. The summed E-state index contributed by atoms with van der Waals surface area (Å²) in [5, 5.41) is 2.80. The third-order valence-corrected chi connectivity index (χ3v) is 6.56. The maximum Gasteiger partial charge on any atom is 0.321 e. The topological polar surface area (TPSA) is 74.4 Å². The summed E-state index contributed by atoms with van der Waals surface area (Å²) in [5.74, 6) is 0.782. The quantitative estimate of drug-likeness (QED) is 0.753. The number of ether oxygens (including phenoxy) is 2. The highest BCUT2D eigenvalue weighted by Crippen LogP contribution is 2.27. The first kappa shape index (κ1) is 22.7. The zero-order chi connectivity index (χ0) is 23.7. The predicted octanol–water partition coefficient (Wildman–Crippen LogP) is 2.86. The summed E-state index contributed by atoms with van der Waals surface area (Å²) in [6.45, 7) is 9.56. The first-order valence-electron chi connectivity index (χ1n) is 12.0. The van der Waals surface area contributed by atoms with Crippen LogP contribution in [-0.2, 0) is 17.8 Å². The number of nitrogens with zero attached hydrogens (tertiary/aromatic N) is 3. The molecule has 3 aliphatic heterocycles. The Balaban J connectivity index is 1.32. The molecule has 0 radical (unpaired) electrons. The minimum Gasteiger partial charge on any atom is -0.491 e. The van der Waals surface area contributed by atoms with Crippen LogP contribution < -0.4 is 15.0 Å². The molecule has 8 heteroatoms. The number of rotatable bonds is 4. The standard InChI is InChI=1S/C26H32N4O4/c1-18-14-28(15-19(2)34-18)16-20-6-7-24-22(12-20)17-29(10-11-33-24)25(31)21-4-3-5-23(13-21)30-9-8-27-26(30)32/h3-7,12-13,18-19H,8-11,14-17H2,1-2H3,(H,27,32)/t18-,19+. The molecule has 0 spiro atoms. The lowest BCUT2D eigenvalue weighted by molar-refractivity contribution is -0.0705. The van der Waals surface area contributed by atoms with Crippen molar-refractivity contribution in [1.29, 1.82) is 0 Å². The number of anilines is 1. The first-order chi connectivity index (χ1) is 16.5. The second-order valence-electron chi connectivity index (χ2n) is 9.40. The Kier molecular flexibility index (Phi) is 6.43. The average Bonchev–Trinajstić information content (AvgIpc) is 3.13. The highest BCUT2D eigenvalue weighted by atomic mass is 16.5. The molecule has 2 fully saturated rings. The number of benzene rings is 2. The summed E-state index contributed by atoms with van der Waals surface area (Å²) in [6.07, 6.45) is 0.451. The number of carbonyl (C=O) groups is 2. The normalized spacial score (nSPS) is 23.2. The van der Waals surface area contributed by atoms with Gasteiger partial charge in [0.05, 0.1) is 18.8 Å². The van der Waals surface area contributed by atoms with Gasteiger partial charge in [0, 0.05) is 56.1 Å². The van der Waals surface area contributed by atoms with E-state index >= 15 is 0 Å². The highest BCUT2D eigenvalue weighted by Gasteiger charge is 2.26. The Bertz CT molecular complexity index is 1060. The molecule has 2 atom stereocenters. The van der Waals surface area contributed by atoms with Crippen molar-refractivity contribution in [2.24, 2.45) is 0 Å². The summed E-state index contributed by atoms with van der Waals surface area (Å²) >= 11 is 0. The van der Waals surface area contributed by atoms with Gasteiger partial charge >= 0.3 is 6.03 Å². The summed E-state index contributed by atoms with van der Waals surface area (Å²) in [7, 11) is 0. The molecule has 0 saturated carbocycles. The van der Waals surface area contributed by atoms with Crippen LogP contribution in [0.1, 0.15) is 35.3 Å². The molecule has 0 bridgehead atoms. The summed E-state index contributed by atoms with van der Waals surface area (Å²) in [4.78, 5) is 31.4. The zero-order valence-electron chi connectivity index (χ0n) is 19.8. The molecule has 1 N–H and O–H groups in total. The fourth-order valence-corrected chi connectivity index (χ4v) is 5.10. The molecule has 0 aliphatic carbocycles. The first-order valence-corrected chi connectivity index (χ1v) is 12.0. The number of nitrogens with one attached hydrogen (secondary N) is 1. The van der Waals surface area contributed by atoms with Gasteiger partial charge < -0.3 is 19.7 Å². The molecular weight excluding hydrogens is 432 g/mol. The summed E-state index contributed by atoms with van der Waals surface area (Å²) < 4.78 is 11.8. The van der Waals surface area contributed by atoms with Crippen molar-refractivity contribution < 1.29 is 19.1 Å². The van der Waals surface area contributed by atoms with Gasteiger partial charge in [-0.25, -0.2) is 4.79 Å². The predicted molar refractivity (Wildman–Crippen MR) is 129 cm³/mol. The van der Waals surface area contributed by atoms with Gasteiger partial charge in [-0.2, -0.15) is 0 Å². The van der Waals surface area contributed by atoms with Crippen LogP contribution in [0.5, 0.6) is 5.75 Å². The molecule has 3 aliphatic rings. The third kappa shape index (κ3) is 4.88. The molecule has 8 nitrogen and oxygen atoms in total. The maximum absolute atomic E-state index is 13.4. The van der Waals surface area contributed by atoms with Crippen LogP contribution >= 0.6 is 0 Å². The second kappa shape index (κ2) is 9.64. The van der Waals surface area contributed by atoms with Crippen molar-refractivity contribution in [2.75, 3.05) is 44.2 Å². The Labute approximate surface area is 200 Å². The van der Waals surface area contributed by atoms with E-state index in [0.717, 1.165) is 36.6 Å². The number of fused-ring (bicyclic) bond motifs is 1. The monoisotopic (exact) mass is 464 g/mol. The largest absolute Gasteiger partial charge is 0.491 e. The van der Waals surface area contributed by atoms with Gasteiger partial charge in [0.25, 0.3) is 5.91 Å². The lowest BCUT2D eigenvalue weighted by atomic mass is 10.1. The Morgan fingerprint density at radius 2 is 1.91 bits per heavy atom. The minimum atomic E-state index is -0.127. The molecule has 34 heavy (non-hydrogen) atoms. The number of morpholine rings is 1. The van der Waals surface area contributed by atoms with Gasteiger partial charge in [-0.1, -0.05) is 12.1 Å². The van der Waals surface area contributed by atoms with Gasteiger partial charge in [-0.3, -0.25) is 14.6 Å². The molecule has 3 amide bonds. The van der Waals surface area contributed by atoms with Gasteiger partial charge in [0.15, 0.2) is 0 Å². The molecule has 0 unspecified atom stereocenters. The number of urea groups is 1. The van der Waals surface area contributed by atoms with Gasteiger partial charge in [0.2, 0.25) is 0 Å². The zero-order valence-corrected chi connectivity index (χ0v) is 19.8. The second-order valence-corrected chi connectivity index (χ2v) is 9.40. The number of amides is 3.